The van der Waals surface area contributed by atoms with Gasteiger partial charge in [0, 0.05) is 39.3 Å². The predicted molar refractivity (Wildman–Crippen MR) is 104 cm³/mol. The van der Waals surface area contributed by atoms with Crippen LogP contribution in [0.1, 0.15) is 18.4 Å². The van der Waals surface area contributed by atoms with E-state index in [2.05, 4.69) is 50.1 Å². The second-order valence-electron chi connectivity index (χ2n) is 6.84. The molecule has 0 bridgehead atoms. The van der Waals surface area contributed by atoms with Crippen LogP contribution in [0.4, 0.5) is 4.79 Å². The highest BCUT2D eigenvalue weighted by molar-refractivity contribution is 6.01. The van der Waals surface area contributed by atoms with Crippen molar-refractivity contribution in [2.75, 3.05) is 39.8 Å². The van der Waals surface area contributed by atoms with Gasteiger partial charge in [0.15, 0.2) is 5.96 Å². The van der Waals surface area contributed by atoms with E-state index in [-0.39, 0.29) is 18.5 Å². The fourth-order valence-electron chi connectivity index (χ4n) is 3.56. The van der Waals surface area contributed by atoms with Crippen LogP contribution in [0.5, 0.6) is 0 Å². The van der Waals surface area contributed by atoms with Crippen molar-refractivity contribution in [1.29, 1.82) is 0 Å². The lowest BCUT2D eigenvalue weighted by Crippen LogP contribution is -2.47. The molecule has 1 unspecified atom stereocenters. The fraction of sp³-hybridized carbons (Fsp3) is 0.526. The van der Waals surface area contributed by atoms with Crippen molar-refractivity contribution in [3.05, 3.63) is 35.9 Å². The van der Waals surface area contributed by atoms with Gasteiger partial charge in [0.2, 0.25) is 5.91 Å². The molecule has 146 valence electrons. The van der Waals surface area contributed by atoms with Crippen molar-refractivity contribution in [3.8, 4) is 0 Å². The van der Waals surface area contributed by atoms with Gasteiger partial charge in [-0.05, 0) is 24.9 Å². The van der Waals surface area contributed by atoms with Crippen LogP contribution in [0.2, 0.25) is 0 Å². The Balaban J connectivity index is 1.42. The van der Waals surface area contributed by atoms with E-state index in [9.17, 15) is 9.59 Å². The summed E-state index contributed by atoms with van der Waals surface area (Å²) in [6.07, 6.45) is 2.37. The van der Waals surface area contributed by atoms with Crippen molar-refractivity contribution >= 4 is 17.9 Å². The molecule has 1 aromatic rings. The molecular formula is C19H28N6O2. The third kappa shape index (κ3) is 5.19. The second kappa shape index (κ2) is 9.36. The molecule has 8 nitrogen and oxygen atoms in total. The maximum Gasteiger partial charge on any atom is 0.324 e. The number of carbonyl (C=O) groups is 2. The molecule has 0 saturated carbocycles. The lowest BCUT2D eigenvalue weighted by Gasteiger charge is -2.25. The highest BCUT2D eigenvalue weighted by Crippen LogP contribution is 2.19. The average molecular weight is 372 g/mol. The van der Waals surface area contributed by atoms with Gasteiger partial charge in [-0.15, -0.1) is 0 Å². The van der Waals surface area contributed by atoms with Gasteiger partial charge >= 0.3 is 6.03 Å². The minimum atomic E-state index is -0.327. The molecular weight excluding hydrogens is 344 g/mol. The van der Waals surface area contributed by atoms with Gasteiger partial charge < -0.3 is 16.0 Å². The molecule has 0 spiro atoms. The lowest BCUT2D eigenvalue weighted by atomic mass is 10.2. The number of guanidine groups is 1. The zero-order valence-corrected chi connectivity index (χ0v) is 15.8. The first-order valence-electron chi connectivity index (χ1n) is 9.48. The Morgan fingerprint density at radius 1 is 1.26 bits per heavy atom. The molecule has 2 fully saturated rings. The van der Waals surface area contributed by atoms with Crippen LogP contribution in [0.15, 0.2) is 35.3 Å². The molecule has 1 aromatic carbocycles. The highest BCUT2D eigenvalue weighted by Gasteiger charge is 2.28. The van der Waals surface area contributed by atoms with Crippen LogP contribution in [-0.2, 0) is 11.3 Å². The second-order valence-corrected chi connectivity index (χ2v) is 6.84. The first kappa shape index (κ1) is 19.2. The summed E-state index contributed by atoms with van der Waals surface area (Å²) in [5.41, 5.74) is 1.33. The number of amides is 3. The number of benzene rings is 1. The molecule has 2 aliphatic heterocycles. The minimum Gasteiger partial charge on any atom is -0.355 e. The number of carbonyl (C=O) groups excluding carboxylic acids is 2. The van der Waals surface area contributed by atoms with Crippen molar-refractivity contribution in [2.24, 2.45) is 4.99 Å². The molecule has 3 N–H and O–H groups in total. The van der Waals surface area contributed by atoms with Crippen molar-refractivity contribution < 1.29 is 9.59 Å². The number of aliphatic imine (C=N–C) groups is 1. The molecule has 1 atom stereocenters. The SMILES string of the molecule is CN=C(NCCN1C(=O)CNC1=O)NCC1CCCN1Cc1ccccc1. The third-order valence-corrected chi connectivity index (χ3v) is 5.02. The Morgan fingerprint density at radius 3 is 2.78 bits per heavy atom. The maximum atomic E-state index is 11.6. The number of rotatable bonds is 7. The highest BCUT2D eigenvalue weighted by atomic mass is 16.2. The summed E-state index contributed by atoms with van der Waals surface area (Å²) in [4.78, 5) is 31.1. The van der Waals surface area contributed by atoms with Crippen molar-refractivity contribution in [3.63, 3.8) is 0 Å². The number of nitrogens with one attached hydrogen (secondary N) is 3. The molecule has 0 aliphatic carbocycles. The number of imide groups is 1. The molecule has 27 heavy (non-hydrogen) atoms. The van der Waals surface area contributed by atoms with Gasteiger partial charge in [-0.2, -0.15) is 0 Å². The summed E-state index contributed by atoms with van der Waals surface area (Å²) >= 11 is 0. The Bertz CT molecular complexity index is 662. The molecule has 2 aliphatic rings. The normalized spacial score (nSPS) is 20.9. The molecule has 0 aromatic heterocycles. The van der Waals surface area contributed by atoms with Crippen LogP contribution < -0.4 is 16.0 Å². The van der Waals surface area contributed by atoms with Gasteiger partial charge in [-0.3, -0.25) is 19.6 Å². The summed E-state index contributed by atoms with van der Waals surface area (Å²) in [6.45, 7) is 3.78. The van der Waals surface area contributed by atoms with E-state index < -0.39 is 0 Å². The monoisotopic (exact) mass is 372 g/mol. The number of nitrogens with zero attached hydrogens (tertiary/aromatic N) is 3. The predicted octanol–water partition coefficient (Wildman–Crippen LogP) is 0.368. The van der Waals surface area contributed by atoms with Crippen molar-refractivity contribution in [1.82, 2.24) is 25.8 Å². The first-order valence-corrected chi connectivity index (χ1v) is 9.48. The van der Waals surface area contributed by atoms with Gasteiger partial charge in [-0.1, -0.05) is 30.3 Å². The first-order chi connectivity index (χ1) is 13.2. The van der Waals surface area contributed by atoms with Gasteiger partial charge in [-0.25, -0.2) is 4.79 Å². The summed E-state index contributed by atoms with van der Waals surface area (Å²) in [5, 5.41) is 9.06. The van der Waals surface area contributed by atoms with E-state index in [0.717, 1.165) is 19.6 Å². The van der Waals surface area contributed by atoms with E-state index in [1.807, 2.05) is 6.07 Å². The Labute approximate surface area is 160 Å². The van der Waals surface area contributed by atoms with Crippen LogP contribution in [-0.4, -0.2) is 73.5 Å². The molecule has 3 rings (SSSR count). The maximum absolute atomic E-state index is 11.6. The van der Waals surface area contributed by atoms with Crippen LogP contribution >= 0.6 is 0 Å². The molecule has 2 heterocycles. The zero-order chi connectivity index (χ0) is 19.1. The van der Waals surface area contributed by atoms with Crippen LogP contribution in [0, 0.1) is 0 Å². The topological polar surface area (TPSA) is 89.1 Å². The van der Waals surface area contributed by atoms with E-state index >= 15 is 0 Å². The summed E-state index contributed by atoms with van der Waals surface area (Å²) in [7, 11) is 1.72. The van der Waals surface area contributed by atoms with Crippen LogP contribution in [0.3, 0.4) is 0 Å². The number of urea groups is 1. The molecule has 0 radical (unpaired) electrons. The Hall–Kier alpha value is -2.61. The zero-order valence-electron chi connectivity index (χ0n) is 15.8. The smallest absolute Gasteiger partial charge is 0.324 e. The standard InChI is InChI=1S/C19H28N6O2/c1-20-18(21-9-11-25-17(26)13-23-19(25)27)22-12-16-8-5-10-24(16)14-15-6-3-2-4-7-15/h2-4,6-7,16H,5,8-14H2,1H3,(H,23,27)(H2,20,21,22). The van der Waals surface area contributed by atoms with Gasteiger partial charge in [0.25, 0.3) is 0 Å². The molecule has 8 heteroatoms. The Kier molecular flexibility index (Phi) is 6.64. The van der Waals surface area contributed by atoms with Crippen molar-refractivity contribution in [2.45, 2.75) is 25.4 Å². The molecule has 3 amide bonds. The third-order valence-electron chi connectivity index (χ3n) is 5.02. The lowest BCUT2D eigenvalue weighted by molar-refractivity contribution is -0.124. The fourth-order valence-corrected chi connectivity index (χ4v) is 3.56. The quantitative estimate of drug-likeness (QED) is 0.366. The number of hydrogen-bond donors (Lipinski definition) is 3. The number of likely N-dealkylation sites (tertiary alicyclic amines) is 1. The van der Waals surface area contributed by atoms with E-state index in [4.69, 9.17) is 0 Å². The Morgan fingerprint density at radius 2 is 2.07 bits per heavy atom. The van der Waals surface area contributed by atoms with Crippen LogP contribution in [0.25, 0.3) is 0 Å². The summed E-state index contributed by atoms with van der Waals surface area (Å²) < 4.78 is 0. The average Bonchev–Trinajstić information content (AvgIpc) is 3.26. The number of hydrogen-bond acceptors (Lipinski definition) is 4. The summed E-state index contributed by atoms with van der Waals surface area (Å²) in [6, 6.07) is 10.7. The van der Waals surface area contributed by atoms with Gasteiger partial charge in [0.1, 0.15) is 0 Å². The van der Waals surface area contributed by atoms with E-state index in [0.29, 0.717) is 25.1 Å². The van der Waals surface area contributed by atoms with E-state index in [1.54, 1.807) is 7.05 Å². The largest absolute Gasteiger partial charge is 0.355 e. The minimum absolute atomic E-state index is 0.0880. The van der Waals surface area contributed by atoms with Gasteiger partial charge in [0.05, 0.1) is 6.54 Å². The summed E-state index contributed by atoms with van der Waals surface area (Å²) in [5.74, 6) is 0.501. The molecule has 2 saturated heterocycles. The van der Waals surface area contributed by atoms with E-state index in [1.165, 1.54) is 23.3 Å².